The van der Waals surface area contributed by atoms with Crippen molar-refractivity contribution in [2.75, 3.05) is 13.2 Å². The molecular formula is C11H13F3N2O3S. The first-order chi connectivity index (χ1) is 9.29. The minimum Gasteiger partial charge on any atom is -0.380 e. The number of pyridine rings is 1. The molecule has 1 saturated heterocycles. The highest BCUT2D eigenvalue weighted by Gasteiger charge is 2.33. The maximum atomic E-state index is 12.3. The maximum Gasteiger partial charge on any atom is 0.433 e. The molecule has 1 aromatic rings. The van der Waals surface area contributed by atoms with Gasteiger partial charge < -0.3 is 4.74 Å². The molecule has 0 unspecified atom stereocenters. The van der Waals surface area contributed by atoms with Crippen molar-refractivity contribution in [3.8, 4) is 0 Å². The summed E-state index contributed by atoms with van der Waals surface area (Å²) in [6.07, 6.45) is -2.52. The van der Waals surface area contributed by atoms with Crippen LogP contribution in [0.25, 0.3) is 0 Å². The van der Waals surface area contributed by atoms with Crippen molar-refractivity contribution in [1.29, 1.82) is 0 Å². The fraction of sp³-hybridized carbons (Fsp3) is 0.545. The summed E-state index contributed by atoms with van der Waals surface area (Å²) < 4.78 is 68.5. The molecular weight excluding hydrogens is 297 g/mol. The molecule has 2 rings (SSSR count). The van der Waals surface area contributed by atoms with Gasteiger partial charge in [-0.05, 0) is 25.0 Å². The molecule has 0 aromatic carbocycles. The van der Waals surface area contributed by atoms with E-state index in [0.717, 1.165) is 12.5 Å². The van der Waals surface area contributed by atoms with Crippen LogP contribution in [0.5, 0.6) is 0 Å². The number of sulfonamides is 1. The number of halogens is 3. The lowest BCUT2D eigenvalue weighted by Gasteiger charge is -2.22. The average molecular weight is 310 g/mol. The standard InChI is InChI=1S/C11H13F3N2O3S/c12-11(13,14)10-4-3-9(6-15-10)20(17,18)16-8-2-1-5-19-7-8/h3-4,6,8,16H,1-2,5,7H2/t8-/m1/s1. The summed E-state index contributed by atoms with van der Waals surface area (Å²) in [5, 5.41) is 0. The normalized spacial score (nSPS) is 20.9. The Bertz CT molecular complexity index is 551. The highest BCUT2D eigenvalue weighted by Crippen LogP contribution is 2.27. The molecule has 1 aliphatic heterocycles. The van der Waals surface area contributed by atoms with E-state index in [4.69, 9.17) is 4.74 Å². The third-order valence-corrected chi connectivity index (χ3v) is 4.32. The van der Waals surface area contributed by atoms with Crippen molar-refractivity contribution in [1.82, 2.24) is 9.71 Å². The second kappa shape index (κ2) is 5.66. The van der Waals surface area contributed by atoms with Crippen molar-refractivity contribution in [3.05, 3.63) is 24.0 Å². The second-order valence-electron chi connectivity index (χ2n) is 4.41. The molecule has 0 radical (unpaired) electrons. The fourth-order valence-electron chi connectivity index (χ4n) is 1.83. The number of alkyl halides is 3. The first-order valence-electron chi connectivity index (χ1n) is 5.92. The lowest BCUT2D eigenvalue weighted by atomic mass is 10.1. The van der Waals surface area contributed by atoms with Gasteiger partial charge in [0.2, 0.25) is 10.0 Å². The van der Waals surface area contributed by atoms with Gasteiger partial charge in [-0.3, -0.25) is 4.98 Å². The summed E-state index contributed by atoms with van der Waals surface area (Å²) in [4.78, 5) is 2.84. The number of hydrogen-bond acceptors (Lipinski definition) is 4. The lowest BCUT2D eigenvalue weighted by Crippen LogP contribution is -2.40. The van der Waals surface area contributed by atoms with Gasteiger partial charge >= 0.3 is 6.18 Å². The van der Waals surface area contributed by atoms with Gasteiger partial charge in [0.25, 0.3) is 0 Å². The lowest BCUT2D eigenvalue weighted by molar-refractivity contribution is -0.141. The van der Waals surface area contributed by atoms with Crippen LogP contribution < -0.4 is 4.72 Å². The summed E-state index contributed by atoms with van der Waals surface area (Å²) in [6, 6.07) is 1.17. The molecule has 0 bridgehead atoms. The Balaban J connectivity index is 2.13. The van der Waals surface area contributed by atoms with Gasteiger partial charge in [0.15, 0.2) is 0 Å². The number of nitrogens with one attached hydrogen (secondary N) is 1. The number of nitrogens with zero attached hydrogens (tertiary/aromatic N) is 1. The van der Waals surface area contributed by atoms with Gasteiger partial charge in [-0.15, -0.1) is 0 Å². The van der Waals surface area contributed by atoms with Gasteiger partial charge in [0.05, 0.1) is 6.61 Å². The molecule has 1 atom stereocenters. The zero-order valence-electron chi connectivity index (χ0n) is 10.4. The quantitative estimate of drug-likeness (QED) is 0.920. The van der Waals surface area contributed by atoms with Crippen LogP contribution in [0.2, 0.25) is 0 Å². The Morgan fingerprint density at radius 2 is 2.10 bits per heavy atom. The highest BCUT2D eigenvalue weighted by atomic mass is 32.2. The minimum absolute atomic E-state index is 0.257. The van der Waals surface area contributed by atoms with Gasteiger partial charge in [-0.1, -0.05) is 0 Å². The fourth-order valence-corrected chi connectivity index (χ4v) is 3.03. The Labute approximate surface area is 114 Å². The number of rotatable bonds is 3. The van der Waals surface area contributed by atoms with Crippen molar-refractivity contribution in [2.45, 2.75) is 30.0 Å². The van der Waals surface area contributed by atoms with Crippen molar-refractivity contribution < 1.29 is 26.3 Å². The summed E-state index contributed by atoms with van der Waals surface area (Å²) >= 11 is 0. The van der Waals surface area contributed by atoms with Crippen LogP contribution in [0.1, 0.15) is 18.5 Å². The van der Waals surface area contributed by atoms with E-state index in [1.165, 1.54) is 0 Å². The third-order valence-electron chi connectivity index (χ3n) is 2.82. The van der Waals surface area contributed by atoms with Crippen LogP contribution in [-0.4, -0.2) is 32.7 Å². The van der Waals surface area contributed by atoms with E-state index in [1.807, 2.05) is 0 Å². The van der Waals surface area contributed by atoms with E-state index in [2.05, 4.69) is 9.71 Å². The first kappa shape index (κ1) is 15.2. The Kier molecular flexibility index (Phi) is 4.31. The van der Waals surface area contributed by atoms with Crippen LogP contribution >= 0.6 is 0 Å². The molecule has 9 heteroatoms. The molecule has 0 saturated carbocycles. The van der Waals surface area contributed by atoms with Crippen LogP contribution in [0.15, 0.2) is 23.2 Å². The summed E-state index contributed by atoms with van der Waals surface area (Å²) in [7, 11) is -3.88. The molecule has 5 nitrogen and oxygen atoms in total. The third kappa shape index (κ3) is 3.68. The zero-order chi connectivity index (χ0) is 14.8. The summed E-state index contributed by atoms with van der Waals surface area (Å²) in [6.45, 7) is 0.841. The molecule has 0 amide bonds. The Morgan fingerprint density at radius 1 is 1.35 bits per heavy atom. The number of ether oxygens (including phenoxy) is 1. The zero-order valence-corrected chi connectivity index (χ0v) is 11.2. The Morgan fingerprint density at radius 3 is 2.60 bits per heavy atom. The van der Waals surface area contributed by atoms with E-state index < -0.39 is 21.9 Å². The van der Waals surface area contributed by atoms with Crippen molar-refractivity contribution >= 4 is 10.0 Å². The molecule has 0 aliphatic carbocycles. The van der Waals surface area contributed by atoms with E-state index in [-0.39, 0.29) is 17.5 Å². The van der Waals surface area contributed by atoms with Crippen LogP contribution in [0.4, 0.5) is 13.2 Å². The summed E-state index contributed by atoms with van der Waals surface area (Å²) in [5.74, 6) is 0. The van der Waals surface area contributed by atoms with E-state index in [1.54, 1.807) is 0 Å². The highest BCUT2D eigenvalue weighted by molar-refractivity contribution is 7.89. The average Bonchev–Trinajstić information content (AvgIpc) is 2.38. The van der Waals surface area contributed by atoms with Crippen LogP contribution in [0, 0.1) is 0 Å². The van der Waals surface area contributed by atoms with Crippen molar-refractivity contribution in [3.63, 3.8) is 0 Å². The minimum atomic E-state index is -4.59. The molecule has 0 spiro atoms. The molecule has 2 heterocycles. The second-order valence-corrected chi connectivity index (χ2v) is 6.13. The number of aromatic nitrogens is 1. The van der Waals surface area contributed by atoms with E-state index in [9.17, 15) is 21.6 Å². The maximum absolute atomic E-state index is 12.3. The molecule has 1 N–H and O–H groups in total. The molecule has 1 aliphatic rings. The van der Waals surface area contributed by atoms with E-state index in [0.29, 0.717) is 25.3 Å². The monoisotopic (exact) mass is 310 g/mol. The van der Waals surface area contributed by atoms with Crippen LogP contribution in [-0.2, 0) is 20.9 Å². The predicted octanol–water partition coefficient (Wildman–Crippen LogP) is 1.56. The predicted molar refractivity (Wildman–Crippen MR) is 63.4 cm³/mol. The van der Waals surface area contributed by atoms with Gasteiger partial charge in [0, 0.05) is 18.8 Å². The molecule has 1 aromatic heterocycles. The molecule has 1 fully saturated rings. The smallest absolute Gasteiger partial charge is 0.380 e. The molecule has 20 heavy (non-hydrogen) atoms. The SMILES string of the molecule is O=S(=O)(N[C@@H]1CCCOC1)c1ccc(C(F)(F)F)nc1. The van der Waals surface area contributed by atoms with E-state index >= 15 is 0 Å². The Hall–Kier alpha value is -1.19. The first-order valence-corrected chi connectivity index (χ1v) is 7.41. The van der Waals surface area contributed by atoms with Gasteiger partial charge in [-0.2, -0.15) is 13.2 Å². The van der Waals surface area contributed by atoms with Crippen LogP contribution in [0.3, 0.4) is 0 Å². The van der Waals surface area contributed by atoms with Gasteiger partial charge in [0.1, 0.15) is 10.6 Å². The summed E-state index contributed by atoms with van der Waals surface area (Å²) in [5.41, 5.74) is -1.13. The number of hydrogen-bond donors (Lipinski definition) is 1. The van der Waals surface area contributed by atoms with Gasteiger partial charge in [-0.25, -0.2) is 13.1 Å². The largest absolute Gasteiger partial charge is 0.433 e. The topological polar surface area (TPSA) is 68.3 Å². The van der Waals surface area contributed by atoms with Crippen molar-refractivity contribution in [2.24, 2.45) is 0 Å². The molecule has 112 valence electrons.